The van der Waals surface area contributed by atoms with Gasteiger partial charge in [0.15, 0.2) is 5.82 Å². The van der Waals surface area contributed by atoms with E-state index in [0.29, 0.717) is 0 Å². The Bertz CT molecular complexity index is 337. The molecule has 4 heteroatoms. The molecular formula is C9H7ClF2O. The molecule has 0 saturated carbocycles. The van der Waals surface area contributed by atoms with E-state index in [1.54, 1.807) is 0 Å². The number of hydrogen-bond acceptors (Lipinski definition) is 1. The molecule has 1 nitrogen and oxygen atoms in total. The first-order chi connectivity index (χ1) is 6.16. The molecule has 0 heterocycles. The number of rotatable bonds is 2. The molecule has 0 unspecified atom stereocenters. The molecule has 0 aliphatic heterocycles. The third-order valence-electron chi connectivity index (χ3n) is 1.47. The van der Waals surface area contributed by atoms with Crippen molar-refractivity contribution in [2.45, 2.75) is 0 Å². The van der Waals surface area contributed by atoms with Crippen LogP contribution in [-0.4, -0.2) is 11.7 Å². The van der Waals surface area contributed by atoms with Crippen molar-refractivity contribution in [2.24, 2.45) is 0 Å². The van der Waals surface area contributed by atoms with Crippen LogP contribution >= 0.6 is 11.6 Å². The fourth-order valence-electron chi connectivity index (χ4n) is 0.866. The van der Waals surface area contributed by atoms with Gasteiger partial charge in [-0.25, -0.2) is 8.78 Å². The highest BCUT2D eigenvalue weighted by Crippen LogP contribution is 2.21. The minimum atomic E-state index is -0.814. The number of aliphatic hydroxyl groups is 1. The zero-order chi connectivity index (χ0) is 9.84. The number of benzene rings is 1. The van der Waals surface area contributed by atoms with Crippen LogP contribution in [0.2, 0.25) is 5.02 Å². The van der Waals surface area contributed by atoms with Crippen LogP contribution in [0, 0.1) is 11.6 Å². The summed E-state index contributed by atoms with van der Waals surface area (Å²) in [4.78, 5) is 0. The first-order valence-corrected chi connectivity index (χ1v) is 3.95. The molecule has 13 heavy (non-hydrogen) atoms. The van der Waals surface area contributed by atoms with Crippen LogP contribution in [0.5, 0.6) is 0 Å². The lowest BCUT2D eigenvalue weighted by Crippen LogP contribution is -1.89. The Morgan fingerprint density at radius 2 is 2.08 bits per heavy atom. The van der Waals surface area contributed by atoms with E-state index in [4.69, 9.17) is 16.7 Å². The van der Waals surface area contributed by atoms with Crippen molar-refractivity contribution in [3.8, 4) is 0 Å². The van der Waals surface area contributed by atoms with Gasteiger partial charge in [-0.3, -0.25) is 0 Å². The minimum Gasteiger partial charge on any atom is -0.392 e. The Morgan fingerprint density at radius 1 is 1.38 bits per heavy atom. The molecule has 0 saturated heterocycles. The Hall–Kier alpha value is -0.930. The fraction of sp³-hybridized carbons (Fsp3) is 0.111. The Labute approximate surface area is 79.3 Å². The van der Waals surface area contributed by atoms with Gasteiger partial charge in [-0.2, -0.15) is 0 Å². The molecule has 0 aliphatic rings. The van der Waals surface area contributed by atoms with Gasteiger partial charge < -0.3 is 5.11 Å². The van der Waals surface area contributed by atoms with Gasteiger partial charge in [0.2, 0.25) is 0 Å². The van der Waals surface area contributed by atoms with Gasteiger partial charge in [0, 0.05) is 5.56 Å². The predicted molar refractivity (Wildman–Crippen MR) is 47.5 cm³/mol. The lowest BCUT2D eigenvalue weighted by Gasteiger charge is -2.00. The van der Waals surface area contributed by atoms with Crippen molar-refractivity contribution in [2.75, 3.05) is 6.61 Å². The maximum absolute atomic E-state index is 13.1. The van der Waals surface area contributed by atoms with E-state index < -0.39 is 11.6 Å². The third-order valence-corrected chi connectivity index (χ3v) is 1.76. The Balaban J connectivity index is 3.17. The summed E-state index contributed by atoms with van der Waals surface area (Å²) in [6, 6.07) is 2.21. The Morgan fingerprint density at radius 3 is 2.69 bits per heavy atom. The van der Waals surface area contributed by atoms with E-state index in [9.17, 15) is 8.78 Å². The lowest BCUT2D eigenvalue weighted by atomic mass is 10.2. The van der Waals surface area contributed by atoms with E-state index in [1.807, 2.05) is 0 Å². The fourth-order valence-corrected chi connectivity index (χ4v) is 1.03. The van der Waals surface area contributed by atoms with Crippen LogP contribution in [0.25, 0.3) is 6.08 Å². The molecule has 1 aromatic carbocycles. The van der Waals surface area contributed by atoms with E-state index >= 15 is 0 Å². The average molecular weight is 205 g/mol. The molecule has 1 rings (SSSR count). The van der Waals surface area contributed by atoms with Gasteiger partial charge in [0.05, 0.1) is 11.6 Å². The molecule has 0 atom stereocenters. The topological polar surface area (TPSA) is 20.2 Å². The summed E-state index contributed by atoms with van der Waals surface area (Å²) >= 11 is 5.43. The van der Waals surface area contributed by atoms with Crippen LogP contribution in [-0.2, 0) is 0 Å². The molecule has 0 aliphatic carbocycles. The van der Waals surface area contributed by atoms with Gasteiger partial charge in [-0.15, -0.1) is 0 Å². The second-order valence-electron chi connectivity index (χ2n) is 2.34. The number of hydrogen-bond donors (Lipinski definition) is 1. The summed E-state index contributed by atoms with van der Waals surface area (Å²) < 4.78 is 26.0. The van der Waals surface area contributed by atoms with Crippen molar-refractivity contribution in [3.05, 3.63) is 40.4 Å². The van der Waals surface area contributed by atoms with Crippen LogP contribution in [0.4, 0.5) is 8.78 Å². The van der Waals surface area contributed by atoms with Crippen LogP contribution in [0.15, 0.2) is 18.2 Å². The van der Waals surface area contributed by atoms with Crippen LogP contribution in [0.3, 0.4) is 0 Å². The summed E-state index contributed by atoms with van der Waals surface area (Å²) in [5.41, 5.74) is -0.235. The monoisotopic (exact) mass is 204 g/mol. The number of halogens is 3. The molecule has 1 aromatic rings. The molecule has 0 amide bonds. The van der Waals surface area contributed by atoms with E-state index in [1.165, 1.54) is 6.08 Å². The largest absolute Gasteiger partial charge is 0.392 e. The zero-order valence-electron chi connectivity index (χ0n) is 6.60. The van der Waals surface area contributed by atoms with Crippen molar-refractivity contribution in [3.63, 3.8) is 0 Å². The van der Waals surface area contributed by atoms with Crippen molar-refractivity contribution in [1.29, 1.82) is 0 Å². The molecule has 0 bridgehead atoms. The minimum absolute atomic E-state index is 0.140. The van der Waals surface area contributed by atoms with Gasteiger partial charge >= 0.3 is 0 Å². The van der Waals surface area contributed by atoms with Gasteiger partial charge in [-0.05, 0) is 12.1 Å². The van der Waals surface area contributed by atoms with Crippen LogP contribution < -0.4 is 0 Å². The van der Waals surface area contributed by atoms with E-state index in [0.717, 1.165) is 18.2 Å². The third kappa shape index (κ3) is 2.26. The zero-order valence-corrected chi connectivity index (χ0v) is 7.35. The smallest absolute Gasteiger partial charge is 0.151 e. The molecule has 0 spiro atoms. The maximum atomic E-state index is 13.1. The molecular weight excluding hydrogens is 198 g/mol. The first kappa shape index (κ1) is 10.2. The normalized spacial score (nSPS) is 11.1. The van der Waals surface area contributed by atoms with E-state index in [-0.39, 0.29) is 17.2 Å². The first-order valence-electron chi connectivity index (χ1n) is 3.57. The molecule has 0 fully saturated rings. The molecule has 70 valence electrons. The Kier molecular flexibility index (Phi) is 3.39. The molecule has 1 N–H and O–H groups in total. The standard InChI is InChI=1S/C9H7ClF2O/c10-7-3-4-8(11)6(9(7)12)2-1-5-13/h1-4,13H,5H2. The molecule has 0 aromatic heterocycles. The highest BCUT2D eigenvalue weighted by Gasteiger charge is 2.08. The maximum Gasteiger partial charge on any atom is 0.151 e. The van der Waals surface area contributed by atoms with Gasteiger partial charge in [0.25, 0.3) is 0 Å². The van der Waals surface area contributed by atoms with Crippen molar-refractivity contribution >= 4 is 17.7 Å². The number of aliphatic hydroxyl groups excluding tert-OH is 1. The SMILES string of the molecule is OCC=Cc1c(F)ccc(Cl)c1F. The second kappa shape index (κ2) is 4.35. The quantitative estimate of drug-likeness (QED) is 0.735. The predicted octanol–water partition coefficient (Wildman–Crippen LogP) is 2.62. The highest BCUT2D eigenvalue weighted by molar-refractivity contribution is 6.30. The lowest BCUT2D eigenvalue weighted by molar-refractivity contribution is 0.343. The summed E-state index contributed by atoms with van der Waals surface area (Å²) in [5, 5.41) is 8.27. The molecule has 0 radical (unpaired) electrons. The van der Waals surface area contributed by atoms with Crippen LogP contribution in [0.1, 0.15) is 5.56 Å². The van der Waals surface area contributed by atoms with E-state index in [2.05, 4.69) is 0 Å². The summed E-state index contributed by atoms with van der Waals surface area (Å²) in [6.07, 6.45) is 2.38. The van der Waals surface area contributed by atoms with Gasteiger partial charge in [-0.1, -0.05) is 23.8 Å². The second-order valence-corrected chi connectivity index (χ2v) is 2.75. The average Bonchev–Trinajstić information content (AvgIpc) is 2.12. The van der Waals surface area contributed by atoms with Crippen molar-refractivity contribution < 1.29 is 13.9 Å². The highest BCUT2D eigenvalue weighted by atomic mass is 35.5. The summed E-state index contributed by atoms with van der Waals surface area (Å²) in [6.45, 7) is -0.272. The summed E-state index contributed by atoms with van der Waals surface area (Å²) in [7, 11) is 0. The summed E-state index contributed by atoms with van der Waals surface area (Å²) in [5.74, 6) is -1.52. The van der Waals surface area contributed by atoms with Gasteiger partial charge in [0.1, 0.15) is 5.82 Å². The van der Waals surface area contributed by atoms with Crippen molar-refractivity contribution in [1.82, 2.24) is 0 Å².